The van der Waals surface area contributed by atoms with Gasteiger partial charge in [-0.2, -0.15) is 0 Å². The molecule has 2 rings (SSSR count). The third-order valence-electron chi connectivity index (χ3n) is 2.79. The first-order valence-electron chi connectivity index (χ1n) is 5.81. The number of primary amides is 1. The van der Waals surface area contributed by atoms with E-state index in [-0.39, 0.29) is 0 Å². The highest BCUT2D eigenvalue weighted by atomic mass is 79.9. The van der Waals surface area contributed by atoms with Crippen molar-refractivity contribution in [2.24, 2.45) is 5.73 Å². The number of carbonyl (C=O) groups excluding carboxylic acids is 1. The van der Waals surface area contributed by atoms with E-state index in [0.717, 1.165) is 29.9 Å². The third kappa shape index (κ3) is 3.44. The molecule has 1 unspecified atom stereocenters. The van der Waals surface area contributed by atoms with E-state index in [9.17, 15) is 4.79 Å². The molecule has 0 radical (unpaired) electrons. The fraction of sp³-hybridized carbons (Fsp3) is 0.417. The van der Waals surface area contributed by atoms with E-state index >= 15 is 0 Å². The van der Waals surface area contributed by atoms with Gasteiger partial charge >= 0.3 is 0 Å². The highest BCUT2D eigenvalue weighted by Gasteiger charge is 2.13. The molecule has 1 fully saturated rings. The Morgan fingerprint density at radius 3 is 3.06 bits per heavy atom. The van der Waals surface area contributed by atoms with Gasteiger partial charge in [-0.05, 0) is 34.1 Å². The zero-order chi connectivity index (χ0) is 13.0. The fourth-order valence-electron chi connectivity index (χ4n) is 1.80. The van der Waals surface area contributed by atoms with Crippen LogP contribution in [-0.2, 0) is 4.74 Å². The molecule has 0 aromatic heterocycles. The Morgan fingerprint density at radius 2 is 2.44 bits per heavy atom. The van der Waals surface area contributed by atoms with Crippen LogP contribution < -0.4 is 16.4 Å². The number of halogens is 1. The molecule has 6 heteroatoms. The van der Waals surface area contributed by atoms with Crippen LogP contribution in [0, 0.1) is 0 Å². The first-order valence-corrected chi connectivity index (χ1v) is 6.60. The number of nitrogens with two attached hydrogens (primary N) is 1. The van der Waals surface area contributed by atoms with Crippen molar-refractivity contribution < 1.29 is 9.53 Å². The van der Waals surface area contributed by atoms with Crippen LogP contribution in [0.4, 0.5) is 5.69 Å². The maximum Gasteiger partial charge on any atom is 0.248 e. The van der Waals surface area contributed by atoms with Crippen molar-refractivity contribution in [3.05, 3.63) is 28.2 Å². The van der Waals surface area contributed by atoms with Gasteiger partial charge in [0, 0.05) is 34.9 Å². The van der Waals surface area contributed by atoms with Crippen LogP contribution in [0.3, 0.4) is 0 Å². The van der Waals surface area contributed by atoms with Gasteiger partial charge in [0.05, 0.1) is 13.2 Å². The minimum Gasteiger partial charge on any atom is -0.382 e. The average Bonchev–Trinajstić information content (AvgIpc) is 2.38. The van der Waals surface area contributed by atoms with Crippen LogP contribution >= 0.6 is 15.9 Å². The molecular formula is C12H16BrN3O2. The van der Waals surface area contributed by atoms with E-state index < -0.39 is 5.91 Å². The second-order valence-corrected chi connectivity index (χ2v) is 5.02. The lowest BCUT2D eigenvalue weighted by atomic mass is 10.2. The zero-order valence-corrected chi connectivity index (χ0v) is 11.5. The van der Waals surface area contributed by atoms with E-state index in [4.69, 9.17) is 10.5 Å². The van der Waals surface area contributed by atoms with E-state index in [0.29, 0.717) is 18.2 Å². The van der Waals surface area contributed by atoms with Gasteiger partial charge in [-0.15, -0.1) is 0 Å². The topological polar surface area (TPSA) is 76.4 Å². The Hall–Kier alpha value is -1.11. The van der Waals surface area contributed by atoms with Crippen molar-refractivity contribution >= 4 is 27.5 Å². The Kier molecular flexibility index (Phi) is 4.57. The van der Waals surface area contributed by atoms with Crippen molar-refractivity contribution in [2.75, 3.05) is 31.6 Å². The van der Waals surface area contributed by atoms with Crippen LogP contribution in [0.15, 0.2) is 22.7 Å². The van der Waals surface area contributed by atoms with Crippen LogP contribution in [0.1, 0.15) is 10.4 Å². The van der Waals surface area contributed by atoms with E-state index in [2.05, 4.69) is 26.6 Å². The molecule has 1 aromatic carbocycles. The molecule has 98 valence electrons. The summed E-state index contributed by atoms with van der Waals surface area (Å²) < 4.78 is 6.21. The molecule has 18 heavy (non-hydrogen) atoms. The summed E-state index contributed by atoms with van der Waals surface area (Å²) in [5, 5.41) is 6.67. The van der Waals surface area contributed by atoms with E-state index in [1.54, 1.807) is 12.1 Å². The number of hydrogen-bond acceptors (Lipinski definition) is 4. The smallest absolute Gasteiger partial charge is 0.248 e. The third-order valence-corrected chi connectivity index (χ3v) is 3.45. The molecule has 1 atom stereocenters. The molecule has 4 N–H and O–H groups in total. The monoisotopic (exact) mass is 313 g/mol. The van der Waals surface area contributed by atoms with Gasteiger partial charge in [-0.3, -0.25) is 4.79 Å². The number of ether oxygens (including phenoxy) is 1. The summed E-state index contributed by atoms with van der Waals surface area (Å²) in [6, 6.07) is 5.57. The molecule has 0 aliphatic carbocycles. The summed E-state index contributed by atoms with van der Waals surface area (Å²) in [5.74, 6) is -0.426. The van der Waals surface area contributed by atoms with Gasteiger partial charge in [-0.25, -0.2) is 0 Å². The Bertz CT molecular complexity index is 433. The summed E-state index contributed by atoms with van der Waals surface area (Å²) in [6.45, 7) is 3.14. The maximum absolute atomic E-state index is 11.0. The predicted octanol–water partition coefficient (Wildman–Crippen LogP) is 0.948. The highest BCUT2D eigenvalue weighted by Crippen LogP contribution is 2.23. The lowest BCUT2D eigenvalue weighted by Gasteiger charge is -2.24. The van der Waals surface area contributed by atoms with Crippen molar-refractivity contribution in [1.29, 1.82) is 0 Å². The minimum atomic E-state index is -0.426. The molecule has 0 spiro atoms. The molecule has 1 aromatic rings. The second-order valence-electron chi connectivity index (χ2n) is 4.17. The summed E-state index contributed by atoms with van der Waals surface area (Å²) >= 11 is 3.42. The summed E-state index contributed by atoms with van der Waals surface area (Å²) in [6.07, 6.45) is 0. The number of nitrogens with one attached hydrogen (secondary N) is 2. The normalized spacial score (nSPS) is 19.5. The van der Waals surface area contributed by atoms with Crippen LogP contribution in [0.2, 0.25) is 0 Å². The SMILES string of the molecule is NC(=O)c1ccc(NCC2COCCN2)c(Br)c1. The van der Waals surface area contributed by atoms with Crippen molar-refractivity contribution in [3.63, 3.8) is 0 Å². The average molecular weight is 314 g/mol. The quantitative estimate of drug-likeness (QED) is 0.773. The summed E-state index contributed by atoms with van der Waals surface area (Å²) in [4.78, 5) is 11.0. The standard InChI is InChI=1S/C12H16BrN3O2/c13-10-5-8(12(14)17)1-2-11(10)16-6-9-7-18-4-3-15-9/h1-2,5,9,15-16H,3-4,6-7H2,(H2,14,17). The molecule has 0 saturated carbocycles. The lowest BCUT2D eigenvalue weighted by molar-refractivity contribution is 0.0806. The van der Waals surface area contributed by atoms with Gasteiger partial charge in [0.25, 0.3) is 0 Å². The Balaban J connectivity index is 1.94. The molecular weight excluding hydrogens is 298 g/mol. The number of hydrogen-bond donors (Lipinski definition) is 3. The second kappa shape index (κ2) is 6.17. The van der Waals surface area contributed by atoms with Crippen LogP contribution in [0.25, 0.3) is 0 Å². The van der Waals surface area contributed by atoms with Crippen LogP contribution in [0.5, 0.6) is 0 Å². The summed E-state index contributed by atoms with van der Waals surface area (Å²) in [5.41, 5.74) is 6.65. The van der Waals surface area contributed by atoms with E-state index in [1.807, 2.05) is 6.07 Å². The number of rotatable bonds is 4. The van der Waals surface area contributed by atoms with Gasteiger partial charge in [-0.1, -0.05) is 0 Å². The van der Waals surface area contributed by atoms with Crippen molar-refractivity contribution in [3.8, 4) is 0 Å². The lowest BCUT2D eigenvalue weighted by Crippen LogP contribution is -2.45. The number of benzene rings is 1. The Morgan fingerprint density at radius 1 is 1.61 bits per heavy atom. The molecule has 0 bridgehead atoms. The molecule has 1 aliphatic rings. The van der Waals surface area contributed by atoms with Crippen molar-refractivity contribution in [2.45, 2.75) is 6.04 Å². The van der Waals surface area contributed by atoms with Gasteiger partial charge in [0.1, 0.15) is 0 Å². The molecule has 1 saturated heterocycles. The first kappa shape index (κ1) is 13.3. The molecule has 1 amide bonds. The van der Waals surface area contributed by atoms with E-state index in [1.165, 1.54) is 0 Å². The highest BCUT2D eigenvalue weighted by molar-refractivity contribution is 9.10. The fourth-order valence-corrected chi connectivity index (χ4v) is 2.31. The first-order chi connectivity index (χ1) is 8.66. The maximum atomic E-state index is 11.0. The number of anilines is 1. The molecule has 1 heterocycles. The van der Waals surface area contributed by atoms with Gasteiger partial charge < -0.3 is 21.1 Å². The minimum absolute atomic E-state index is 0.307. The van der Waals surface area contributed by atoms with Crippen LogP contribution in [-0.4, -0.2) is 38.3 Å². The van der Waals surface area contributed by atoms with Gasteiger partial charge in [0.15, 0.2) is 0 Å². The van der Waals surface area contributed by atoms with Gasteiger partial charge in [0.2, 0.25) is 5.91 Å². The summed E-state index contributed by atoms with van der Waals surface area (Å²) in [7, 11) is 0. The Labute approximate surface area is 114 Å². The largest absolute Gasteiger partial charge is 0.382 e. The number of morpholine rings is 1. The number of carbonyl (C=O) groups is 1. The predicted molar refractivity (Wildman–Crippen MR) is 73.8 cm³/mol. The van der Waals surface area contributed by atoms with Crippen molar-refractivity contribution in [1.82, 2.24) is 5.32 Å². The molecule has 1 aliphatic heterocycles. The number of amides is 1. The molecule has 5 nitrogen and oxygen atoms in total. The zero-order valence-electron chi connectivity index (χ0n) is 9.91.